The lowest BCUT2D eigenvalue weighted by Crippen LogP contribution is -2.41. The molecule has 1 aromatic heterocycles. The number of nitrogens with zero attached hydrogens (tertiary/aromatic N) is 4. The van der Waals surface area contributed by atoms with Crippen LogP contribution in [0.4, 0.5) is 0 Å². The zero-order valence-corrected chi connectivity index (χ0v) is 19.2. The second-order valence-corrected chi connectivity index (χ2v) is 8.22. The Labute approximate surface area is 189 Å². The summed E-state index contributed by atoms with van der Waals surface area (Å²) < 4.78 is 8.10. The zero-order chi connectivity index (χ0) is 18.9. The van der Waals surface area contributed by atoms with Gasteiger partial charge in [-0.1, -0.05) is 30.3 Å². The van der Waals surface area contributed by atoms with Crippen LogP contribution in [0, 0.1) is 11.8 Å². The van der Waals surface area contributed by atoms with E-state index in [2.05, 4.69) is 52.7 Å². The fraction of sp³-hybridized carbons (Fsp3) is 0.545. The van der Waals surface area contributed by atoms with Crippen LogP contribution in [0.2, 0.25) is 0 Å². The predicted molar refractivity (Wildman–Crippen MR) is 124 cm³/mol. The van der Waals surface area contributed by atoms with Crippen molar-refractivity contribution in [2.45, 2.75) is 45.1 Å². The van der Waals surface area contributed by atoms with E-state index in [0.717, 1.165) is 37.7 Å². The van der Waals surface area contributed by atoms with Crippen molar-refractivity contribution < 1.29 is 4.74 Å². The monoisotopic (exact) mass is 507 g/mol. The van der Waals surface area contributed by atoms with Crippen LogP contribution in [0.5, 0.6) is 0 Å². The number of ether oxygens (including phenoxy) is 1. The fourth-order valence-electron chi connectivity index (χ4n) is 5.07. The molecule has 4 unspecified atom stereocenters. The number of aromatic nitrogens is 2. The van der Waals surface area contributed by atoms with Crippen LogP contribution < -0.4 is 5.32 Å². The summed E-state index contributed by atoms with van der Waals surface area (Å²) in [6.45, 7) is 6.63. The lowest BCUT2D eigenvalue weighted by molar-refractivity contribution is 0.0767. The van der Waals surface area contributed by atoms with E-state index in [1.165, 1.54) is 18.4 Å². The fourth-order valence-corrected chi connectivity index (χ4v) is 5.07. The highest BCUT2D eigenvalue weighted by atomic mass is 127. The molecule has 0 saturated carbocycles. The number of likely N-dealkylation sites (tertiary alicyclic amines) is 1. The van der Waals surface area contributed by atoms with E-state index < -0.39 is 0 Å². The first-order chi connectivity index (χ1) is 13.8. The second kappa shape index (κ2) is 9.04. The van der Waals surface area contributed by atoms with Gasteiger partial charge in [-0.05, 0) is 25.3 Å². The van der Waals surface area contributed by atoms with Crippen LogP contribution in [0.1, 0.15) is 30.9 Å². The molecule has 4 heterocycles. The summed E-state index contributed by atoms with van der Waals surface area (Å²) in [4.78, 5) is 7.37. The molecule has 2 bridgehead atoms. The van der Waals surface area contributed by atoms with Crippen LogP contribution in [-0.2, 0) is 17.8 Å². The summed E-state index contributed by atoms with van der Waals surface area (Å²) in [7, 11) is 0. The van der Waals surface area contributed by atoms with Crippen molar-refractivity contribution in [3.63, 3.8) is 0 Å². The Hall–Kier alpha value is -1.61. The van der Waals surface area contributed by atoms with Gasteiger partial charge in [0.05, 0.1) is 31.5 Å². The third kappa shape index (κ3) is 4.30. The molecule has 3 fully saturated rings. The maximum Gasteiger partial charge on any atom is 0.194 e. The largest absolute Gasteiger partial charge is 0.374 e. The third-order valence-corrected chi connectivity index (χ3v) is 6.37. The Kier molecular flexibility index (Phi) is 6.44. The molecule has 3 aliphatic rings. The molecule has 5 rings (SSSR count). The smallest absolute Gasteiger partial charge is 0.194 e. The van der Waals surface area contributed by atoms with Crippen molar-refractivity contribution in [1.29, 1.82) is 0 Å². The number of halogens is 1. The number of rotatable bonds is 5. The van der Waals surface area contributed by atoms with Gasteiger partial charge >= 0.3 is 0 Å². The summed E-state index contributed by atoms with van der Waals surface area (Å²) in [6.07, 6.45) is 7.50. The molecule has 0 radical (unpaired) electrons. The van der Waals surface area contributed by atoms with Crippen molar-refractivity contribution in [2.75, 3.05) is 19.6 Å². The van der Waals surface area contributed by atoms with Crippen LogP contribution >= 0.6 is 24.0 Å². The molecule has 3 saturated heterocycles. The maximum atomic E-state index is 6.11. The summed E-state index contributed by atoms with van der Waals surface area (Å²) in [5, 5.41) is 7.99. The standard InChI is InChI=1S/C22H29N5O.HI/c1-2-23-22(26-14-18-19(15-26)21-9-8-20(18)28-21)24-10-17-11-25-27(13-17)12-16-6-4-3-5-7-16;/h3-7,11,13,18-21H,2,8-10,12,14-15H2,1H3,(H,23,24);1H. The van der Waals surface area contributed by atoms with Gasteiger partial charge in [0, 0.05) is 43.2 Å². The van der Waals surface area contributed by atoms with E-state index in [4.69, 9.17) is 9.73 Å². The summed E-state index contributed by atoms with van der Waals surface area (Å²) >= 11 is 0. The molecule has 1 N–H and O–H groups in total. The van der Waals surface area contributed by atoms with Crippen LogP contribution in [-0.4, -0.2) is 52.5 Å². The maximum absolute atomic E-state index is 6.11. The number of nitrogens with one attached hydrogen (secondary N) is 1. The molecule has 0 aliphatic carbocycles. The normalized spacial score (nSPS) is 27.8. The summed E-state index contributed by atoms with van der Waals surface area (Å²) in [6, 6.07) is 10.4. The van der Waals surface area contributed by atoms with E-state index in [0.29, 0.717) is 30.6 Å². The van der Waals surface area contributed by atoms with E-state index in [1.54, 1.807) is 0 Å². The third-order valence-electron chi connectivity index (χ3n) is 6.37. The predicted octanol–water partition coefficient (Wildman–Crippen LogP) is 3.12. The number of hydrogen-bond acceptors (Lipinski definition) is 3. The van der Waals surface area contributed by atoms with Crippen molar-refractivity contribution in [1.82, 2.24) is 20.0 Å². The number of fused-ring (bicyclic) bond motifs is 5. The first-order valence-electron chi connectivity index (χ1n) is 10.5. The highest BCUT2D eigenvalue weighted by molar-refractivity contribution is 14.0. The quantitative estimate of drug-likeness (QED) is 0.384. The molecule has 4 atom stereocenters. The summed E-state index contributed by atoms with van der Waals surface area (Å²) in [5.41, 5.74) is 2.41. The lowest BCUT2D eigenvalue weighted by Gasteiger charge is -2.23. The molecule has 156 valence electrons. The van der Waals surface area contributed by atoms with Gasteiger partial charge in [0.25, 0.3) is 0 Å². The van der Waals surface area contributed by atoms with Gasteiger partial charge in [0.15, 0.2) is 5.96 Å². The minimum atomic E-state index is 0. The number of hydrogen-bond donors (Lipinski definition) is 1. The molecule has 2 aromatic rings. The Morgan fingerprint density at radius 2 is 1.86 bits per heavy atom. The zero-order valence-electron chi connectivity index (χ0n) is 16.9. The van der Waals surface area contributed by atoms with E-state index in [-0.39, 0.29) is 24.0 Å². The molecular formula is C22H30IN5O. The molecule has 7 heteroatoms. The van der Waals surface area contributed by atoms with Crippen LogP contribution in [0.3, 0.4) is 0 Å². The number of guanidine groups is 1. The minimum Gasteiger partial charge on any atom is -0.374 e. The SMILES string of the molecule is CCNC(=NCc1cnn(Cc2ccccc2)c1)N1CC2C3CCC(O3)C2C1.I. The second-order valence-electron chi connectivity index (χ2n) is 8.22. The molecule has 29 heavy (non-hydrogen) atoms. The molecule has 1 aromatic carbocycles. The van der Waals surface area contributed by atoms with Gasteiger partial charge in [-0.25, -0.2) is 4.99 Å². The van der Waals surface area contributed by atoms with Crippen molar-refractivity contribution in [2.24, 2.45) is 16.8 Å². The topological polar surface area (TPSA) is 54.7 Å². The van der Waals surface area contributed by atoms with Crippen molar-refractivity contribution >= 4 is 29.9 Å². The van der Waals surface area contributed by atoms with Gasteiger partial charge < -0.3 is 15.0 Å². The lowest BCUT2D eigenvalue weighted by atomic mass is 9.82. The Morgan fingerprint density at radius 3 is 2.55 bits per heavy atom. The van der Waals surface area contributed by atoms with Crippen LogP contribution in [0.25, 0.3) is 0 Å². The van der Waals surface area contributed by atoms with Crippen LogP contribution in [0.15, 0.2) is 47.7 Å². The highest BCUT2D eigenvalue weighted by Gasteiger charge is 2.53. The highest BCUT2D eigenvalue weighted by Crippen LogP contribution is 2.47. The first kappa shape index (κ1) is 20.7. The van der Waals surface area contributed by atoms with Gasteiger partial charge in [-0.2, -0.15) is 5.10 Å². The molecule has 3 aliphatic heterocycles. The van der Waals surface area contributed by atoms with Gasteiger partial charge in [0.2, 0.25) is 0 Å². The van der Waals surface area contributed by atoms with Gasteiger partial charge in [0.1, 0.15) is 0 Å². The van der Waals surface area contributed by atoms with Crippen molar-refractivity contribution in [3.8, 4) is 0 Å². The number of aliphatic imine (C=N–C) groups is 1. The average molecular weight is 507 g/mol. The van der Waals surface area contributed by atoms with Crippen molar-refractivity contribution in [3.05, 3.63) is 53.9 Å². The Bertz CT molecular complexity index is 821. The Morgan fingerprint density at radius 1 is 1.14 bits per heavy atom. The number of benzene rings is 1. The van der Waals surface area contributed by atoms with Gasteiger partial charge in [-0.3, -0.25) is 4.68 Å². The minimum absolute atomic E-state index is 0. The Balaban J connectivity index is 0.00000205. The van der Waals surface area contributed by atoms with E-state index in [1.807, 2.05) is 16.9 Å². The summed E-state index contributed by atoms with van der Waals surface area (Å²) in [5.74, 6) is 2.42. The van der Waals surface area contributed by atoms with E-state index in [9.17, 15) is 0 Å². The van der Waals surface area contributed by atoms with Gasteiger partial charge in [-0.15, -0.1) is 24.0 Å². The van der Waals surface area contributed by atoms with E-state index >= 15 is 0 Å². The molecule has 6 nitrogen and oxygen atoms in total. The molecule has 0 spiro atoms. The molecular weight excluding hydrogens is 477 g/mol. The first-order valence-corrected chi connectivity index (χ1v) is 10.5. The molecule has 0 amide bonds. The average Bonchev–Trinajstić information content (AvgIpc) is 3.48.